The van der Waals surface area contributed by atoms with Gasteiger partial charge in [0.25, 0.3) is 0 Å². The smallest absolute Gasteiger partial charge is 0.342 e. The minimum absolute atomic E-state index is 0.0208. The van der Waals surface area contributed by atoms with E-state index < -0.39 is 17.9 Å². The molecule has 0 spiro atoms. The highest BCUT2D eigenvalue weighted by molar-refractivity contribution is 6.09. The molecule has 3 unspecified atom stereocenters. The number of ether oxygens (including phenoxy) is 5. The number of cyclic esters (lactones) is 7. The van der Waals surface area contributed by atoms with Gasteiger partial charge in [-0.25, -0.2) is 14.4 Å². The zero-order valence-corrected chi connectivity index (χ0v) is 35.8. The first-order valence-electron chi connectivity index (χ1n) is 18.6. The minimum Gasteiger partial charge on any atom is -0.465 e. The fourth-order valence-electron chi connectivity index (χ4n) is 5.89. The molecule has 0 saturated carbocycles. The van der Waals surface area contributed by atoms with E-state index in [0.717, 1.165) is 18.4 Å². The zero-order valence-electron chi connectivity index (χ0n) is 35.8. The molecular weight excluding hydrogens is 696 g/mol. The lowest BCUT2D eigenvalue weighted by Crippen LogP contribution is -2.24. The fourth-order valence-corrected chi connectivity index (χ4v) is 5.89. The molecule has 5 aliphatic heterocycles. The van der Waals surface area contributed by atoms with E-state index in [1.54, 1.807) is 0 Å². The summed E-state index contributed by atoms with van der Waals surface area (Å²) in [6.45, 7) is 34.9. The number of esters is 7. The van der Waals surface area contributed by atoms with Crippen molar-refractivity contribution in [3.8, 4) is 0 Å². The van der Waals surface area contributed by atoms with Crippen molar-refractivity contribution in [2.75, 3.05) is 13.2 Å². The van der Waals surface area contributed by atoms with Crippen molar-refractivity contribution in [3.63, 3.8) is 0 Å². The molecule has 3 atom stereocenters. The average Bonchev–Trinajstić information content (AvgIpc) is 3.77. The van der Waals surface area contributed by atoms with Gasteiger partial charge in [-0.05, 0) is 53.4 Å². The third-order valence-electron chi connectivity index (χ3n) is 9.31. The molecule has 306 valence electrons. The first-order chi connectivity index (χ1) is 24.1. The van der Waals surface area contributed by atoms with Crippen LogP contribution in [0.3, 0.4) is 0 Å². The molecule has 0 N–H and O–H groups in total. The number of carbonyl (C=O) groups excluding carboxylic acids is 7. The highest BCUT2D eigenvalue weighted by Gasteiger charge is 2.46. The monoisotopic (exact) mass is 762 g/mol. The first-order valence-corrected chi connectivity index (χ1v) is 18.6. The number of hydrogen-bond donors (Lipinski definition) is 0. The molecule has 0 radical (unpaired) electrons. The van der Waals surface area contributed by atoms with Gasteiger partial charge >= 0.3 is 41.8 Å². The Labute approximate surface area is 322 Å². The molecule has 0 aromatic carbocycles. The number of carbonyl (C=O) groups is 7. The fraction of sp³-hybridized carbons (Fsp3) is 0.738. The molecule has 5 heterocycles. The maximum Gasteiger partial charge on any atom is 0.342 e. The third-order valence-corrected chi connectivity index (χ3v) is 9.31. The molecule has 0 aromatic rings. The van der Waals surface area contributed by atoms with Gasteiger partial charge in [0, 0.05) is 18.1 Å². The van der Waals surface area contributed by atoms with Crippen molar-refractivity contribution in [1.82, 2.24) is 0 Å². The predicted molar refractivity (Wildman–Crippen MR) is 202 cm³/mol. The van der Waals surface area contributed by atoms with E-state index >= 15 is 0 Å². The standard InChI is InChI=1S/C10H18O2.C8H12O3.C8H10O3.C8H14O2.C8H12O2/c1-9(2,3)7-6-10(4,5)12-8(7)11;2*1-8(2,3)5-4-6(9)11-7(5)10;2*1-8(2,3)6-4-5-10-7(6)9/h7H,6H2,1-5H3;5H,4H2,1-3H3;4H,1-3H3;6H,4-5H2,1-3H3;4H,5H2,1-3H3. The third kappa shape index (κ3) is 15.1. The van der Waals surface area contributed by atoms with E-state index in [0.29, 0.717) is 18.8 Å². The average molecular weight is 763 g/mol. The van der Waals surface area contributed by atoms with Crippen LogP contribution in [0, 0.1) is 44.8 Å². The summed E-state index contributed by atoms with van der Waals surface area (Å²) in [4.78, 5) is 76.5. The van der Waals surface area contributed by atoms with Crippen LogP contribution in [0.1, 0.15) is 137 Å². The second kappa shape index (κ2) is 17.8. The summed E-state index contributed by atoms with van der Waals surface area (Å²) < 4.78 is 23.6. The molecule has 12 heteroatoms. The molecule has 0 aromatic heterocycles. The molecule has 12 nitrogen and oxygen atoms in total. The molecule has 0 aliphatic carbocycles. The van der Waals surface area contributed by atoms with Crippen LogP contribution in [-0.4, -0.2) is 60.6 Å². The Morgan fingerprint density at radius 3 is 1.26 bits per heavy atom. The van der Waals surface area contributed by atoms with Gasteiger partial charge in [-0.3, -0.25) is 19.2 Å². The lowest BCUT2D eigenvalue weighted by atomic mass is 9.77. The van der Waals surface area contributed by atoms with Crippen LogP contribution in [0.4, 0.5) is 0 Å². The van der Waals surface area contributed by atoms with Gasteiger partial charge in [-0.2, -0.15) is 0 Å². The SMILES string of the molecule is CC(C)(C)C1=CC(=O)OC1=O.CC(C)(C)C1=CCOC1=O.CC(C)(C)C1CC(=O)OC1=O.CC(C)(C)C1CCOC1=O.CC1(C)CC(C(C)(C)C)C(=O)O1. The molecule has 3 saturated heterocycles. The van der Waals surface area contributed by atoms with Crippen molar-refractivity contribution >= 4 is 41.8 Å². The van der Waals surface area contributed by atoms with Gasteiger partial charge < -0.3 is 23.7 Å². The maximum absolute atomic E-state index is 11.4. The van der Waals surface area contributed by atoms with Crippen LogP contribution >= 0.6 is 0 Å². The first kappa shape index (κ1) is 48.2. The Kier molecular flexibility index (Phi) is 15.8. The Balaban J connectivity index is 0.000000338. The molecule has 54 heavy (non-hydrogen) atoms. The van der Waals surface area contributed by atoms with Crippen molar-refractivity contribution in [2.24, 2.45) is 44.8 Å². The van der Waals surface area contributed by atoms with Gasteiger partial charge in [-0.1, -0.05) is 104 Å². The van der Waals surface area contributed by atoms with E-state index in [4.69, 9.17) is 14.2 Å². The summed E-state index contributed by atoms with van der Waals surface area (Å²) in [7, 11) is 0. The van der Waals surface area contributed by atoms with Crippen LogP contribution < -0.4 is 0 Å². The van der Waals surface area contributed by atoms with Crippen LogP contribution in [0.15, 0.2) is 23.3 Å². The van der Waals surface area contributed by atoms with Crippen molar-refractivity contribution in [1.29, 1.82) is 0 Å². The van der Waals surface area contributed by atoms with Crippen LogP contribution in [0.2, 0.25) is 0 Å². The van der Waals surface area contributed by atoms with Gasteiger partial charge in [0.15, 0.2) is 0 Å². The van der Waals surface area contributed by atoms with Crippen LogP contribution in [-0.2, 0) is 57.2 Å². The van der Waals surface area contributed by atoms with Gasteiger partial charge in [0.1, 0.15) is 12.2 Å². The largest absolute Gasteiger partial charge is 0.465 e. The lowest BCUT2D eigenvalue weighted by molar-refractivity contribution is -0.155. The van der Waals surface area contributed by atoms with Crippen LogP contribution in [0.5, 0.6) is 0 Å². The highest BCUT2D eigenvalue weighted by atomic mass is 16.6. The van der Waals surface area contributed by atoms with E-state index in [1.165, 1.54) is 6.08 Å². The Morgan fingerprint density at radius 2 is 1.07 bits per heavy atom. The highest BCUT2D eigenvalue weighted by Crippen LogP contribution is 2.41. The normalized spacial score (nSPS) is 23.7. The summed E-state index contributed by atoms with van der Waals surface area (Å²) in [5.41, 5.74) is 0.572. The molecule has 0 amide bonds. The molecule has 0 bridgehead atoms. The second-order valence-corrected chi connectivity index (χ2v) is 20.1. The Morgan fingerprint density at radius 1 is 0.574 bits per heavy atom. The van der Waals surface area contributed by atoms with E-state index in [9.17, 15) is 33.6 Å². The van der Waals surface area contributed by atoms with Crippen molar-refractivity contribution in [2.45, 2.75) is 143 Å². The predicted octanol–water partition coefficient (Wildman–Crippen LogP) is 7.65. The zero-order chi connectivity index (χ0) is 42.4. The van der Waals surface area contributed by atoms with E-state index in [2.05, 4.69) is 51.0 Å². The Hall–Kier alpha value is -3.83. The van der Waals surface area contributed by atoms with Gasteiger partial charge in [0.2, 0.25) is 0 Å². The van der Waals surface area contributed by atoms with Gasteiger partial charge in [0.05, 0.1) is 36.4 Å². The van der Waals surface area contributed by atoms with Crippen molar-refractivity contribution in [3.05, 3.63) is 23.3 Å². The number of rotatable bonds is 0. The van der Waals surface area contributed by atoms with E-state index in [-0.39, 0.29) is 80.7 Å². The second-order valence-electron chi connectivity index (χ2n) is 20.1. The quantitative estimate of drug-likeness (QED) is 0.135. The summed E-state index contributed by atoms with van der Waals surface area (Å²) >= 11 is 0. The topological polar surface area (TPSA) is 166 Å². The summed E-state index contributed by atoms with van der Waals surface area (Å²) in [6, 6.07) is 0. The lowest BCUT2D eigenvalue weighted by Gasteiger charge is -2.23. The number of hydrogen-bond acceptors (Lipinski definition) is 12. The van der Waals surface area contributed by atoms with Crippen LogP contribution in [0.25, 0.3) is 0 Å². The summed E-state index contributed by atoms with van der Waals surface area (Å²) in [5, 5.41) is 0. The minimum atomic E-state index is -0.556. The van der Waals surface area contributed by atoms with Gasteiger partial charge in [-0.15, -0.1) is 0 Å². The molecule has 3 fully saturated rings. The van der Waals surface area contributed by atoms with E-state index in [1.807, 2.05) is 82.2 Å². The molecule has 5 aliphatic rings. The Bertz CT molecular complexity index is 1490. The maximum atomic E-state index is 11.4. The molecule has 5 rings (SSSR count). The molecular formula is C42H66O12. The van der Waals surface area contributed by atoms with Crippen molar-refractivity contribution < 1.29 is 57.2 Å². The summed E-state index contributed by atoms with van der Waals surface area (Å²) in [5.74, 6) is -2.12. The summed E-state index contributed by atoms with van der Waals surface area (Å²) in [6.07, 6.45) is 5.07.